The Bertz CT molecular complexity index is 639. The summed E-state index contributed by atoms with van der Waals surface area (Å²) in [5.41, 5.74) is 0.878. The lowest BCUT2D eigenvalue weighted by Crippen LogP contribution is -2.11. The van der Waals surface area contributed by atoms with Crippen LogP contribution in [0.5, 0.6) is 0 Å². The van der Waals surface area contributed by atoms with Crippen LogP contribution in [-0.2, 0) is 13.1 Å². The maximum absolute atomic E-state index is 10.7. The number of rotatable bonds is 6. The molecule has 0 aliphatic rings. The Morgan fingerprint density at radius 2 is 2.10 bits per heavy atom. The van der Waals surface area contributed by atoms with E-state index in [1.54, 1.807) is 24.3 Å². The Labute approximate surface area is 118 Å². The molecule has 0 amide bonds. The topological polar surface area (TPSA) is 92.5 Å². The van der Waals surface area contributed by atoms with E-state index in [0.717, 1.165) is 10.4 Å². The summed E-state index contributed by atoms with van der Waals surface area (Å²) in [4.78, 5) is 22.2. The highest BCUT2D eigenvalue weighted by molar-refractivity contribution is 7.13. The normalized spacial score (nSPS) is 10.4. The molecule has 1 heterocycles. The molecular weight excluding hydrogens is 280 g/mol. The number of aromatic carboxylic acids is 1. The third-order valence-corrected chi connectivity index (χ3v) is 3.70. The Kier molecular flexibility index (Phi) is 4.44. The van der Waals surface area contributed by atoms with E-state index in [1.807, 2.05) is 0 Å². The van der Waals surface area contributed by atoms with Crippen LogP contribution >= 0.6 is 11.3 Å². The van der Waals surface area contributed by atoms with E-state index >= 15 is 0 Å². The van der Waals surface area contributed by atoms with Crippen LogP contribution in [0.25, 0.3) is 0 Å². The van der Waals surface area contributed by atoms with E-state index in [0.29, 0.717) is 18.0 Å². The Morgan fingerprint density at radius 3 is 2.75 bits per heavy atom. The molecule has 0 spiro atoms. The molecule has 0 aliphatic heterocycles. The third-order valence-electron chi connectivity index (χ3n) is 2.62. The smallest absolute Gasteiger partial charge is 0.345 e. The zero-order valence-corrected chi connectivity index (χ0v) is 11.2. The maximum atomic E-state index is 10.7. The number of carboxylic acid groups (broad SMARTS) is 1. The summed E-state index contributed by atoms with van der Waals surface area (Å²) >= 11 is 1.21. The monoisotopic (exact) mass is 292 g/mol. The van der Waals surface area contributed by atoms with Gasteiger partial charge in [-0.15, -0.1) is 11.3 Å². The van der Waals surface area contributed by atoms with E-state index in [4.69, 9.17) is 5.11 Å². The highest BCUT2D eigenvalue weighted by Gasteiger charge is 2.07. The lowest BCUT2D eigenvalue weighted by atomic mass is 10.2. The van der Waals surface area contributed by atoms with Crippen LogP contribution in [-0.4, -0.2) is 16.0 Å². The second kappa shape index (κ2) is 6.27. The van der Waals surface area contributed by atoms with E-state index in [9.17, 15) is 14.9 Å². The molecule has 2 aromatic rings. The van der Waals surface area contributed by atoms with Crippen LogP contribution in [0.2, 0.25) is 0 Å². The fourth-order valence-electron chi connectivity index (χ4n) is 1.70. The molecule has 6 nitrogen and oxygen atoms in total. The number of carbonyl (C=O) groups is 1. The zero-order valence-electron chi connectivity index (χ0n) is 10.4. The summed E-state index contributed by atoms with van der Waals surface area (Å²) in [6, 6.07) is 9.73. The van der Waals surface area contributed by atoms with Crippen molar-refractivity contribution in [2.75, 3.05) is 0 Å². The summed E-state index contributed by atoms with van der Waals surface area (Å²) in [6.45, 7) is 1.02. The molecule has 0 atom stereocenters. The van der Waals surface area contributed by atoms with Gasteiger partial charge in [-0.25, -0.2) is 4.79 Å². The Balaban J connectivity index is 1.90. The maximum Gasteiger partial charge on any atom is 0.345 e. The molecule has 2 rings (SSSR count). The van der Waals surface area contributed by atoms with Gasteiger partial charge in [0.15, 0.2) is 0 Å². The van der Waals surface area contributed by atoms with Gasteiger partial charge in [-0.3, -0.25) is 10.1 Å². The van der Waals surface area contributed by atoms with Gasteiger partial charge in [-0.1, -0.05) is 12.1 Å². The average Bonchev–Trinajstić information content (AvgIpc) is 2.88. The minimum Gasteiger partial charge on any atom is -0.477 e. The Hall–Kier alpha value is -2.25. The van der Waals surface area contributed by atoms with Gasteiger partial charge in [-0.05, 0) is 17.7 Å². The second-order valence-corrected chi connectivity index (χ2v) is 5.27. The average molecular weight is 292 g/mol. The van der Waals surface area contributed by atoms with Crippen molar-refractivity contribution < 1.29 is 14.8 Å². The number of hydrogen-bond acceptors (Lipinski definition) is 5. The fraction of sp³-hybridized carbons (Fsp3) is 0.154. The third kappa shape index (κ3) is 3.62. The van der Waals surface area contributed by atoms with Gasteiger partial charge in [0.1, 0.15) is 4.88 Å². The minimum atomic E-state index is -0.931. The molecule has 104 valence electrons. The van der Waals surface area contributed by atoms with Crippen molar-refractivity contribution in [2.24, 2.45) is 0 Å². The summed E-state index contributed by atoms with van der Waals surface area (Å²) in [5, 5.41) is 22.6. The van der Waals surface area contributed by atoms with E-state index in [-0.39, 0.29) is 5.69 Å². The number of benzene rings is 1. The SMILES string of the molecule is O=C(O)c1ccc(CNCc2cccc([N+](=O)[O-])c2)s1. The molecule has 20 heavy (non-hydrogen) atoms. The Morgan fingerprint density at radius 1 is 1.30 bits per heavy atom. The zero-order chi connectivity index (χ0) is 14.5. The molecule has 2 N–H and O–H groups in total. The first-order valence-corrected chi connectivity index (χ1v) is 6.64. The molecule has 0 saturated heterocycles. The number of hydrogen-bond donors (Lipinski definition) is 2. The van der Waals surface area contributed by atoms with Crippen LogP contribution in [0.15, 0.2) is 36.4 Å². The number of thiophene rings is 1. The lowest BCUT2D eigenvalue weighted by Gasteiger charge is -2.03. The summed E-state index contributed by atoms with van der Waals surface area (Å²) in [7, 11) is 0. The van der Waals surface area contributed by atoms with Crippen molar-refractivity contribution in [1.82, 2.24) is 5.32 Å². The van der Waals surface area contributed by atoms with Crippen molar-refractivity contribution >= 4 is 23.0 Å². The van der Waals surface area contributed by atoms with Gasteiger partial charge < -0.3 is 10.4 Å². The first kappa shape index (κ1) is 14.2. The van der Waals surface area contributed by atoms with Gasteiger partial charge in [0.25, 0.3) is 5.69 Å². The minimum absolute atomic E-state index is 0.0635. The molecule has 0 saturated carbocycles. The van der Waals surface area contributed by atoms with E-state index in [2.05, 4.69) is 5.32 Å². The van der Waals surface area contributed by atoms with Gasteiger partial charge in [0, 0.05) is 30.1 Å². The lowest BCUT2D eigenvalue weighted by molar-refractivity contribution is -0.384. The van der Waals surface area contributed by atoms with Crippen LogP contribution in [0, 0.1) is 10.1 Å². The molecule has 0 radical (unpaired) electrons. The number of nitro benzene ring substituents is 1. The van der Waals surface area contributed by atoms with Crippen LogP contribution in [0.3, 0.4) is 0 Å². The molecule has 0 unspecified atom stereocenters. The largest absolute Gasteiger partial charge is 0.477 e. The summed E-state index contributed by atoms with van der Waals surface area (Å²) in [5.74, 6) is -0.931. The van der Waals surface area contributed by atoms with Crippen molar-refractivity contribution in [2.45, 2.75) is 13.1 Å². The van der Waals surface area contributed by atoms with E-state index < -0.39 is 10.9 Å². The highest BCUT2D eigenvalue weighted by Crippen LogP contribution is 2.17. The number of non-ortho nitro benzene ring substituents is 1. The molecule has 7 heteroatoms. The van der Waals surface area contributed by atoms with Crippen LogP contribution < -0.4 is 5.32 Å². The second-order valence-electron chi connectivity index (χ2n) is 4.10. The first-order valence-electron chi connectivity index (χ1n) is 5.82. The van der Waals surface area contributed by atoms with Crippen molar-refractivity contribution in [3.05, 3.63) is 61.8 Å². The molecule has 0 bridgehead atoms. The first-order chi connectivity index (χ1) is 9.56. The number of nitrogens with zero attached hydrogens (tertiary/aromatic N) is 1. The van der Waals surface area contributed by atoms with Crippen molar-refractivity contribution in [3.63, 3.8) is 0 Å². The molecule has 1 aromatic carbocycles. The van der Waals surface area contributed by atoms with Gasteiger partial charge >= 0.3 is 5.97 Å². The summed E-state index contributed by atoms with van der Waals surface area (Å²) < 4.78 is 0. The number of nitro groups is 1. The highest BCUT2D eigenvalue weighted by atomic mass is 32.1. The van der Waals surface area contributed by atoms with Crippen molar-refractivity contribution in [3.8, 4) is 0 Å². The number of nitrogens with one attached hydrogen (secondary N) is 1. The van der Waals surface area contributed by atoms with Crippen LogP contribution in [0.1, 0.15) is 20.1 Å². The van der Waals surface area contributed by atoms with Crippen LogP contribution in [0.4, 0.5) is 5.69 Å². The van der Waals surface area contributed by atoms with E-state index in [1.165, 1.54) is 23.5 Å². The number of carboxylic acids is 1. The fourth-order valence-corrected chi connectivity index (χ4v) is 2.51. The standard InChI is InChI=1S/C13H12N2O4S/c16-13(17)12-5-4-11(20-12)8-14-7-9-2-1-3-10(6-9)15(18)19/h1-6,14H,7-8H2,(H,16,17). The molecular formula is C13H12N2O4S. The summed E-state index contributed by atoms with van der Waals surface area (Å²) in [6.07, 6.45) is 0. The molecule has 1 aromatic heterocycles. The predicted molar refractivity (Wildman–Crippen MR) is 74.9 cm³/mol. The predicted octanol–water partition coefficient (Wildman–Crippen LogP) is 2.64. The van der Waals surface area contributed by atoms with Crippen molar-refractivity contribution in [1.29, 1.82) is 0 Å². The quantitative estimate of drug-likeness (QED) is 0.630. The van der Waals surface area contributed by atoms with Gasteiger partial charge in [0.05, 0.1) is 4.92 Å². The molecule has 0 aliphatic carbocycles. The van der Waals surface area contributed by atoms with Gasteiger partial charge in [-0.2, -0.15) is 0 Å². The van der Waals surface area contributed by atoms with Gasteiger partial charge in [0.2, 0.25) is 0 Å². The molecule has 0 fully saturated rings.